The van der Waals surface area contributed by atoms with E-state index in [1.807, 2.05) is 12.1 Å². The normalized spacial score (nSPS) is 15.1. The number of hydrogen-bond acceptors (Lipinski definition) is 10. The lowest BCUT2D eigenvalue weighted by atomic mass is 9.87. The minimum atomic E-state index is -4.05. The van der Waals surface area contributed by atoms with Gasteiger partial charge in [-0.25, -0.2) is 13.4 Å². The van der Waals surface area contributed by atoms with Gasteiger partial charge < -0.3 is 30.9 Å². The maximum Gasteiger partial charge on any atom is 0.229 e. The SMILES string of the molecule is Cc1cc(Nc2ncc(C)c(Nc3ccccc3S(=O)(=O)C(C)(C)O)n2)c(OC(C)(C)O)cc1C1CCNCC1. The first-order valence-corrected chi connectivity index (χ1v) is 14.8. The highest BCUT2D eigenvalue weighted by molar-refractivity contribution is 7.92. The van der Waals surface area contributed by atoms with Crippen molar-refractivity contribution < 1.29 is 23.4 Å². The molecule has 0 radical (unpaired) electrons. The Hall–Kier alpha value is -3.25. The van der Waals surface area contributed by atoms with Crippen LogP contribution in [0.4, 0.5) is 23.1 Å². The molecule has 1 aliphatic heterocycles. The zero-order chi connectivity index (χ0) is 29.3. The molecule has 0 bridgehead atoms. The first-order valence-electron chi connectivity index (χ1n) is 13.4. The van der Waals surface area contributed by atoms with E-state index >= 15 is 0 Å². The minimum absolute atomic E-state index is 0.0417. The van der Waals surface area contributed by atoms with E-state index in [0.29, 0.717) is 28.7 Å². The van der Waals surface area contributed by atoms with Crippen molar-refractivity contribution in [3.8, 4) is 5.75 Å². The standard InChI is InChI=1S/C29H39N5O5S/c1-18-15-23(24(39-28(3,4)35)16-21(18)20-11-13-30-14-12-20)33-27-31-17-19(2)26(34-27)32-22-9-7-8-10-25(22)40(37,38)29(5,6)36/h7-10,15-17,20,30,35-36H,11-14H2,1-6H3,(H2,31,32,33,34). The monoisotopic (exact) mass is 569 g/mol. The predicted molar refractivity (Wildman–Crippen MR) is 156 cm³/mol. The smallest absolute Gasteiger partial charge is 0.229 e. The molecule has 4 rings (SSSR count). The van der Waals surface area contributed by atoms with E-state index in [2.05, 4.69) is 32.8 Å². The number of hydrogen-bond donors (Lipinski definition) is 5. The quantitative estimate of drug-likeness (QED) is 0.231. The first kappa shape index (κ1) is 29.7. The number of nitrogens with zero attached hydrogens (tertiary/aromatic N) is 2. The number of benzene rings is 2. The number of aromatic nitrogens is 2. The molecule has 0 spiro atoms. The number of nitrogens with one attached hydrogen (secondary N) is 3. The summed E-state index contributed by atoms with van der Waals surface area (Å²) >= 11 is 0. The van der Waals surface area contributed by atoms with Crippen molar-refractivity contribution in [2.45, 2.75) is 75.9 Å². The lowest BCUT2D eigenvalue weighted by Crippen LogP contribution is -2.31. The molecule has 11 heteroatoms. The van der Waals surface area contributed by atoms with Crippen LogP contribution in [0.15, 0.2) is 47.5 Å². The van der Waals surface area contributed by atoms with Crippen LogP contribution in [-0.2, 0) is 9.84 Å². The number of anilines is 4. The zero-order valence-corrected chi connectivity index (χ0v) is 24.7. The van der Waals surface area contributed by atoms with Crippen LogP contribution >= 0.6 is 0 Å². The fraction of sp³-hybridized carbons (Fsp3) is 0.448. The Morgan fingerprint density at radius 1 is 0.975 bits per heavy atom. The van der Waals surface area contributed by atoms with Crippen molar-refractivity contribution in [1.82, 2.24) is 15.3 Å². The van der Waals surface area contributed by atoms with Crippen molar-refractivity contribution >= 4 is 33.0 Å². The Kier molecular flexibility index (Phi) is 8.41. The zero-order valence-electron chi connectivity index (χ0n) is 23.9. The Bertz CT molecular complexity index is 1470. The van der Waals surface area contributed by atoms with E-state index in [1.165, 1.54) is 25.5 Å². The molecule has 1 fully saturated rings. The molecule has 1 aliphatic rings. The van der Waals surface area contributed by atoms with Crippen molar-refractivity contribution in [3.05, 3.63) is 59.3 Å². The molecule has 0 amide bonds. The van der Waals surface area contributed by atoms with Crippen LogP contribution in [0.5, 0.6) is 5.75 Å². The highest BCUT2D eigenvalue weighted by Crippen LogP contribution is 2.38. The van der Waals surface area contributed by atoms with Crippen molar-refractivity contribution in [2.75, 3.05) is 23.7 Å². The highest BCUT2D eigenvalue weighted by Gasteiger charge is 2.35. The molecular weight excluding hydrogens is 530 g/mol. The van der Waals surface area contributed by atoms with Crippen LogP contribution in [-0.4, -0.2) is 52.4 Å². The fourth-order valence-corrected chi connectivity index (χ4v) is 5.88. The molecule has 1 aromatic heterocycles. The van der Waals surface area contributed by atoms with Crippen LogP contribution in [0.25, 0.3) is 0 Å². The Morgan fingerprint density at radius 2 is 1.65 bits per heavy atom. The maximum absolute atomic E-state index is 13.0. The molecule has 10 nitrogen and oxygen atoms in total. The molecule has 1 saturated heterocycles. The van der Waals surface area contributed by atoms with Gasteiger partial charge in [-0.1, -0.05) is 12.1 Å². The minimum Gasteiger partial charge on any atom is -0.461 e. The van der Waals surface area contributed by atoms with Gasteiger partial charge in [0.2, 0.25) is 21.6 Å². The lowest BCUT2D eigenvalue weighted by molar-refractivity contribution is -0.104. The number of sulfone groups is 1. The number of ether oxygens (including phenoxy) is 1. The maximum atomic E-state index is 13.0. The predicted octanol–water partition coefficient (Wildman–Crippen LogP) is 4.66. The van der Waals surface area contributed by atoms with Gasteiger partial charge in [-0.2, -0.15) is 4.98 Å². The summed E-state index contributed by atoms with van der Waals surface area (Å²) in [6.07, 6.45) is 3.67. The summed E-state index contributed by atoms with van der Waals surface area (Å²) < 4.78 is 32.0. The Balaban J connectivity index is 1.69. The molecule has 216 valence electrons. The molecule has 2 heterocycles. The third kappa shape index (κ3) is 6.72. The average molecular weight is 570 g/mol. The van der Waals surface area contributed by atoms with E-state index in [0.717, 1.165) is 31.5 Å². The first-order chi connectivity index (χ1) is 18.7. The summed E-state index contributed by atoms with van der Waals surface area (Å²) in [4.78, 5) is 7.02. The summed E-state index contributed by atoms with van der Waals surface area (Å²) in [5.41, 5.74) is 3.84. The van der Waals surface area contributed by atoms with Gasteiger partial charge in [-0.05, 0) is 94.9 Å². The average Bonchev–Trinajstić information content (AvgIpc) is 2.87. The van der Waals surface area contributed by atoms with E-state index in [1.54, 1.807) is 45.2 Å². The molecule has 3 aromatic rings. The third-order valence-electron chi connectivity index (χ3n) is 6.81. The van der Waals surface area contributed by atoms with E-state index in [4.69, 9.17) is 4.74 Å². The topological polar surface area (TPSA) is 146 Å². The van der Waals surface area contributed by atoms with Gasteiger partial charge in [0.15, 0.2) is 4.93 Å². The number of rotatable bonds is 9. The number of para-hydroxylation sites is 1. The van der Waals surface area contributed by atoms with Crippen LogP contribution in [0.2, 0.25) is 0 Å². The van der Waals surface area contributed by atoms with Gasteiger partial charge in [0.05, 0.1) is 16.3 Å². The molecule has 0 aliphatic carbocycles. The molecule has 0 unspecified atom stereocenters. The lowest BCUT2D eigenvalue weighted by Gasteiger charge is -2.28. The third-order valence-corrected chi connectivity index (χ3v) is 9.06. The van der Waals surface area contributed by atoms with E-state index in [9.17, 15) is 18.6 Å². The second-order valence-corrected chi connectivity index (χ2v) is 13.6. The van der Waals surface area contributed by atoms with Crippen molar-refractivity contribution in [3.63, 3.8) is 0 Å². The summed E-state index contributed by atoms with van der Waals surface area (Å²) in [6, 6.07) is 10.3. The molecular formula is C29H39N5O5S. The molecule has 40 heavy (non-hydrogen) atoms. The van der Waals surface area contributed by atoms with Gasteiger partial charge in [0.25, 0.3) is 0 Å². The van der Waals surface area contributed by atoms with Gasteiger partial charge in [0.1, 0.15) is 11.6 Å². The molecule has 0 atom stereocenters. The van der Waals surface area contributed by atoms with Crippen LogP contribution in [0, 0.1) is 13.8 Å². The van der Waals surface area contributed by atoms with Gasteiger partial charge in [-0.15, -0.1) is 0 Å². The van der Waals surface area contributed by atoms with Gasteiger partial charge >= 0.3 is 0 Å². The van der Waals surface area contributed by atoms with E-state index < -0.39 is 20.6 Å². The summed E-state index contributed by atoms with van der Waals surface area (Å²) in [7, 11) is -4.05. The summed E-state index contributed by atoms with van der Waals surface area (Å²) in [6.45, 7) is 11.4. The number of aliphatic hydroxyl groups is 2. The van der Waals surface area contributed by atoms with Crippen LogP contribution in [0.1, 0.15) is 63.1 Å². The number of piperidine rings is 1. The van der Waals surface area contributed by atoms with Gasteiger partial charge in [-0.3, -0.25) is 0 Å². The fourth-order valence-electron chi connectivity index (χ4n) is 4.68. The molecule has 5 N–H and O–H groups in total. The Morgan fingerprint density at radius 3 is 2.30 bits per heavy atom. The van der Waals surface area contributed by atoms with Crippen molar-refractivity contribution in [1.29, 1.82) is 0 Å². The summed E-state index contributed by atoms with van der Waals surface area (Å²) in [5, 5.41) is 30.5. The molecule has 2 aromatic carbocycles. The largest absolute Gasteiger partial charge is 0.461 e. The highest BCUT2D eigenvalue weighted by atomic mass is 32.2. The number of aryl methyl sites for hydroxylation is 2. The molecule has 0 saturated carbocycles. The second-order valence-electron chi connectivity index (χ2n) is 11.2. The van der Waals surface area contributed by atoms with Gasteiger partial charge in [0, 0.05) is 25.6 Å². The van der Waals surface area contributed by atoms with Crippen LogP contribution < -0.4 is 20.7 Å². The van der Waals surface area contributed by atoms with Crippen molar-refractivity contribution in [2.24, 2.45) is 0 Å². The second kappa shape index (κ2) is 11.3. The Labute approximate surface area is 236 Å². The summed E-state index contributed by atoms with van der Waals surface area (Å²) in [5.74, 6) is 0.112. The van der Waals surface area contributed by atoms with Crippen LogP contribution in [0.3, 0.4) is 0 Å². The van der Waals surface area contributed by atoms with E-state index in [-0.39, 0.29) is 16.5 Å².